The number of hydrazine groups is 1. The zero-order valence-electron chi connectivity index (χ0n) is 22.6. The Hall–Kier alpha value is -4.79. The van der Waals surface area contributed by atoms with E-state index in [1.807, 2.05) is 60.7 Å². The molecule has 1 heterocycles. The van der Waals surface area contributed by atoms with Crippen molar-refractivity contribution in [3.63, 3.8) is 0 Å². The van der Waals surface area contributed by atoms with Gasteiger partial charge < -0.3 is 19.8 Å². The van der Waals surface area contributed by atoms with E-state index in [2.05, 4.69) is 33.3 Å². The van der Waals surface area contributed by atoms with Crippen molar-refractivity contribution < 1.29 is 23.9 Å². The molecule has 3 aromatic carbocycles. The largest absolute Gasteiger partial charge is 0.447 e. The number of para-hydroxylation sites is 1. The molecule has 206 valence electrons. The van der Waals surface area contributed by atoms with Crippen LogP contribution in [0.2, 0.25) is 0 Å². The number of carbonyl (C=O) groups excluding carboxylic acids is 3. The SMILES string of the molecule is CC(C)(C)OC(=O)N[C@@H](Cc1c[nH]c2ccccc12)C(=O)NNC(=O)OCC1c2ccccc2-c2ccccc21. The number of benzene rings is 3. The van der Waals surface area contributed by atoms with Crippen LogP contribution in [0.15, 0.2) is 79.0 Å². The third kappa shape index (κ3) is 5.93. The van der Waals surface area contributed by atoms with Crippen molar-refractivity contribution in [2.75, 3.05) is 6.61 Å². The highest BCUT2D eigenvalue weighted by Crippen LogP contribution is 2.44. The molecule has 1 aliphatic rings. The van der Waals surface area contributed by atoms with Gasteiger partial charge in [0.2, 0.25) is 0 Å². The number of ether oxygens (including phenoxy) is 2. The Morgan fingerprint density at radius 3 is 2.15 bits per heavy atom. The third-order valence-corrected chi connectivity index (χ3v) is 6.74. The third-order valence-electron chi connectivity index (χ3n) is 6.74. The van der Waals surface area contributed by atoms with Crippen LogP contribution in [0, 0.1) is 0 Å². The summed E-state index contributed by atoms with van der Waals surface area (Å²) in [6.07, 6.45) is 0.411. The molecule has 0 bridgehead atoms. The van der Waals surface area contributed by atoms with E-state index >= 15 is 0 Å². The Balaban J connectivity index is 1.23. The molecular formula is C31H32N4O5. The lowest BCUT2D eigenvalue weighted by Crippen LogP contribution is -2.54. The number of fused-ring (bicyclic) bond motifs is 4. The van der Waals surface area contributed by atoms with Crippen LogP contribution in [0.3, 0.4) is 0 Å². The Morgan fingerprint density at radius 2 is 1.48 bits per heavy atom. The highest BCUT2D eigenvalue weighted by molar-refractivity contribution is 5.89. The maximum absolute atomic E-state index is 13.1. The van der Waals surface area contributed by atoms with Gasteiger partial charge in [0, 0.05) is 29.4 Å². The Labute approximate surface area is 232 Å². The number of carbonyl (C=O) groups is 3. The topological polar surface area (TPSA) is 122 Å². The molecule has 1 atom stereocenters. The highest BCUT2D eigenvalue weighted by atomic mass is 16.6. The Bertz CT molecular complexity index is 1510. The van der Waals surface area contributed by atoms with Gasteiger partial charge >= 0.3 is 12.2 Å². The molecule has 0 spiro atoms. The van der Waals surface area contributed by atoms with Crippen LogP contribution in [0.4, 0.5) is 9.59 Å². The summed E-state index contributed by atoms with van der Waals surface area (Å²) in [5.41, 5.74) is 10.1. The van der Waals surface area contributed by atoms with Gasteiger partial charge in [-0.05, 0) is 54.7 Å². The fourth-order valence-electron chi connectivity index (χ4n) is 5.01. The molecule has 4 aromatic rings. The number of aromatic nitrogens is 1. The number of nitrogens with one attached hydrogen (secondary N) is 4. The van der Waals surface area contributed by atoms with Gasteiger partial charge in [0.05, 0.1) is 0 Å². The molecule has 0 saturated carbocycles. The molecule has 0 unspecified atom stereocenters. The first-order valence-corrected chi connectivity index (χ1v) is 13.1. The van der Waals surface area contributed by atoms with Gasteiger partial charge in [-0.1, -0.05) is 66.7 Å². The lowest BCUT2D eigenvalue weighted by atomic mass is 9.98. The number of alkyl carbamates (subject to hydrolysis) is 1. The first-order valence-electron chi connectivity index (χ1n) is 13.1. The summed E-state index contributed by atoms with van der Waals surface area (Å²) in [5, 5.41) is 3.55. The van der Waals surface area contributed by atoms with Crippen LogP contribution in [-0.4, -0.2) is 41.3 Å². The molecule has 3 amide bonds. The number of amides is 3. The molecule has 4 N–H and O–H groups in total. The minimum Gasteiger partial charge on any atom is -0.447 e. The lowest BCUT2D eigenvalue weighted by molar-refractivity contribution is -0.124. The molecule has 1 aliphatic carbocycles. The van der Waals surface area contributed by atoms with Gasteiger partial charge in [0.1, 0.15) is 18.2 Å². The van der Waals surface area contributed by atoms with Crippen LogP contribution in [0.1, 0.15) is 43.4 Å². The average molecular weight is 541 g/mol. The zero-order valence-corrected chi connectivity index (χ0v) is 22.6. The van der Waals surface area contributed by atoms with Crippen molar-refractivity contribution in [3.8, 4) is 11.1 Å². The molecule has 9 nitrogen and oxygen atoms in total. The summed E-state index contributed by atoms with van der Waals surface area (Å²) in [6, 6.07) is 22.7. The van der Waals surface area contributed by atoms with Crippen LogP contribution in [0.5, 0.6) is 0 Å². The quantitative estimate of drug-likeness (QED) is 0.251. The monoisotopic (exact) mass is 540 g/mol. The molecule has 40 heavy (non-hydrogen) atoms. The van der Waals surface area contributed by atoms with E-state index in [9.17, 15) is 14.4 Å². The van der Waals surface area contributed by atoms with Crippen molar-refractivity contribution in [1.82, 2.24) is 21.2 Å². The first-order chi connectivity index (χ1) is 19.2. The van der Waals surface area contributed by atoms with E-state index in [0.29, 0.717) is 0 Å². The van der Waals surface area contributed by atoms with Crippen molar-refractivity contribution >= 4 is 29.0 Å². The van der Waals surface area contributed by atoms with Gasteiger partial charge in [-0.2, -0.15) is 0 Å². The number of H-pyrrole nitrogens is 1. The van der Waals surface area contributed by atoms with Crippen molar-refractivity contribution in [3.05, 3.63) is 95.7 Å². The Kier molecular flexibility index (Phi) is 7.46. The minimum absolute atomic E-state index is 0.102. The molecule has 5 rings (SSSR count). The van der Waals surface area contributed by atoms with E-state index in [-0.39, 0.29) is 18.9 Å². The van der Waals surface area contributed by atoms with Crippen molar-refractivity contribution in [2.45, 2.75) is 44.8 Å². The van der Waals surface area contributed by atoms with E-state index in [1.54, 1.807) is 27.0 Å². The van der Waals surface area contributed by atoms with E-state index in [1.165, 1.54) is 0 Å². The number of hydrogen-bond acceptors (Lipinski definition) is 5. The smallest absolute Gasteiger partial charge is 0.426 e. The predicted molar refractivity (Wildman–Crippen MR) is 152 cm³/mol. The number of aromatic amines is 1. The molecule has 0 saturated heterocycles. The molecule has 9 heteroatoms. The average Bonchev–Trinajstić information content (AvgIpc) is 3.48. The second-order valence-corrected chi connectivity index (χ2v) is 10.7. The van der Waals surface area contributed by atoms with Crippen LogP contribution < -0.4 is 16.2 Å². The van der Waals surface area contributed by atoms with E-state index in [4.69, 9.17) is 9.47 Å². The minimum atomic E-state index is -1.03. The van der Waals surface area contributed by atoms with E-state index in [0.717, 1.165) is 38.7 Å². The van der Waals surface area contributed by atoms with Crippen LogP contribution >= 0.6 is 0 Å². The molecular weight excluding hydrogens is 508 g/mol. The first kappa shape index (κ1) is 26.8. The summed E-state index contributed by atoms with van der Waals surface area (Å²) >= 11 is 0. The van der Waals surface area contributed by atoms with Gasteiger partial charge in [-0.25, -0.2) is 15.0 Å². The Morgan fingerprint density at radius 1 is 0.850 bits per heavy atom. The van der Waals surface area contributed by atoms with E-state index < -0.39 is 29.7 Å². The molecule has 0 fully saturated rings. The molecule has 0 aliphatic heterocycles. The summed E-state index contributed by atoms with van der Waals surface area (Å²) in [7, 11) is 0. The molecule has 1 aromatic heterocycles. The normalized spacial score (nSPS) is 13.2. The fourth-order valence-corrected chi connectivity index (χ4v) is 5.01. The van der Waals surface area contributed by atoms with Gasteiger partial charge in [0.25, 0.3) is 5.91 Å². The zero-order chi connectivity index (χ0) is 28.3. The number of hydrogen-bond donors (Lipinski definition) is 4. The molecule has 0 radical (unpaired) electrons. The van der Waals surface area contributed by atoms with Crippen LogP contribution in [0.25, 0.3) is 22.0 Å². The number of rotatable bonds is 6. The van der Waals surface area contributed by atoms with Crippen LogP contribution in [-0.2, 0) is 20.7 Å². The van der Waals surface area contributed by atoms with Crippen molar-refractivity contribution in [1.29, 1.82) is 0 Å². The highest BCUT2D eigenvalue weighted by Gasteiger charge is 2.30. The van der Waals surface area contributed by atoms with Gasteiger partial charge in [0.15, 0.2) is 0 Å². The summed E-state index contributed by atoms with van der Waals surface area (Å²) in [6.45, 7) is 5.31. The van der Waals surface area contributed by atoms with Gasteiger partial charge in [-0.3, -0.25) is 10.2 Å². The maximum atomic E-state index is 13.1. The lowest BCUT2D eigenvalue weighted by Gasteiger charge is -2.23. The van der Waals surface area contributed by atoms with Gasteiger partial charge in [-0.15, -0.1) is 0 Å². The fraction of sp³-hybridized carbons (Fsp3) is 0.258. The predicted octanol–water partition coefficient (Wildman–Crippen LogP) is 5.17. The van der Waals surface area contributed by atoms with Crippen molar-refractivity contribution in [2.24, 2.45) is 0 Å². The maximum Gasteiger partial charge on any atom is 0.426 e. The second-order valence-electron chi connectivity index (χ2n) is 10.7. The standard InChI is InChI=1S/C31H32N4O5/c1-31(2,3)40-29(37)33-27(16-19-17-32-26-15-9-8-10-20(19)26)28(36)34-35-30(38)39-18-25-23-13-6-4-11-21(23)22-12-5-7-14-24(22)25/h4-15,17,25,27,32H,16,18H2,1-3H3,(H,33,37)(H,34,36)(H,35,38)/t27-/m0/s1. The summed E-state index contributed by atoms with van der Waals surface area (Å²) in [4.78, 5) is 41.4. The second kappa shape index (κ2) is 11.1. The summed E-state index contributed by atoms with van der Waals surface area (Å²) < 4.78 is 10.9. The summed E-state index contributed by atoms with van der Waals surface area (Å²) in [5.74, 6) is -0.734.